The maximum absolute atomic E-state index is 12.2. The molecule has 0 fully saturated rings. The first-order chi connectivity index (χ1) is 10.5. The molecule has 12 heteroatoms. The highest BCUT2D eigenvalue weighted by atomic mass is 32.2. The van der Waals surface area contributed by atoms with E-state index in [9.17, 15) is 31.7 Å². The van der Waals surface area contributed by atoms with Crippen LogP contribution in [0.25, 0.3) is 0 Å². The fraction of sp³-hybridized carbons (Fsp3) is 0.182. The average Bonchev–Trinajstić information content (AvgIpc) is 2.62. The average molecular weight is 361 g/mol. The van der Waals surface area contributed by atoms with E-state index < -0.39 is 41.5 Å². The highest BCUT2D eigenvalue weighted by Gasteiger charge is 2.42. The van der Waals surface area contributed by atoms with Crippen LogP contribution in [-0.4, -0.2) is 32.1 Å². The number of nitro benzene ring substituents is 1. The second-order valence-corrected chi connectivity index (χ2v) is 8.19. The molecule has 0 aromatic heterocycles. The summed E-state index contributed by atoms with van der Waals surface area (Å²) >= 11 is 0. The van der Waals surface area contributed by atoms with Crippen LogP contribution in [-0.2, 0) is 24.8 Å². The lowest BCUT2D eigenvalue weighted by atomic mass is 10.3. The fourth-order valence-corrected chi connectivity index (χ4v) is 4.49. The van der Waals surface area contributed by atoms with Gasteiger partial charge in [0.1, 0.15) is 0 Å². The summed E-state index contributed by atoms with van der Waals surface area (Å²) < 4.78 is 48.4. The Morgan fingerprint density at radius 3 is 2.35 bits per heavy atom. The molecule has 0 saturated heterocycles. The molecule has 1 aliphatic heterocycles. The van der Waals surface area contributed by atoms with E-state index in [1.165, 1.54) is 13.8 Å². The lowest BCUT2D eigenvalue weighted by Crippen LogP contribution is -2.46. The van der Waals surface area contributed by atoms with Gasteiger partial charge in [-0.1, -0.05) is 6.07 Å². The number of nitrogens with zero attached hydrogens (tertiary/aromatic N) is 2. The summed E-state index contributed by atoms with van der Waals surface area (Å²) in [5.74, 6) is -1.03. The van der Waals surface area contributed by atoms with Gasteiger partial charge in [0.2, 0.25) is 0 Å². The van der Waals surface area contributed by atoms with Crippen LogP contribution in [0.15, 0.2) is 39.6 Å². The largest absolute Gasteiger partial charge is 0.279 e. The van der Waals surface area contributed by atoms with Gasteiger partial charge >= 0.3 is 0 Å². The van der Waals surface area contributed by atoms with Gasteiger partial charge in [-0.15, -0.1) is 9.25 Å². The van der Waals surface area contributed by atoms with E-state index >= 15 is 0 Å². The molecule has 0 atom stereocenters. The first-order valence-electron chi connectivity index (χ1n) is 6.02. The molecule has 1 aromatic rings. The number of allylic oxidation sites excluding steroid dienone is 1. The molecule has 0 radical (unpaired) electrons. The van der Waals surface area contributed by atoms with Crippen molar-refractivity contribution in [3.63, 3.8) is 0 Å². The summed E-state index contributed by atoms with van der Waals surface area (Å²) in [6, 6.07) is 3.99. The van der Waals surface area contributed by atoms with E-state index in [0.717, 1.165) is 24.3 Å². The second kappa shape index (κ2) is 5.40. The molecule has 1 amide bonds. The van der Waals surface area contributed by atoms with Gasteiger partial charge in [0.15, 0.2) is 0 Å². The van der Waals surface area contributed by atoms with Crippen molar-refractivity contribution < 1.29 is 26.6 Å². The summed E-state index contributed by atoms with van der Waals surface area (Å²) in [6.45, 7) is 2.42. The number of nitrogens with one attached hydrogen (secondary N) is 1. The van der Waals surface area contributed by atoms with E-state index in [4.69, 9.17) is 0 Å². The van der Waals surface area contributed by atoms with E-state index in [0.29, 0.717) is 0 Å². The molecule has 0 unspecified atom stereocenters. The summed E-state index contributed by atoms with van der Waals surface area (Å²) in [5, 5.41) is 10.7. The normalized spacial score (nSPS) is 17.7. The van der Waals surface area contributed by atoms with Crippen molar-refractivity contribution in [3.8, 4) is 0 Å². The molecule has 0 bridgehead atoms. The predicted octanol–water partition coefficient (Wildman–Crippen LogP) is 0.254. The Hall–Kier alpha value is -2.31. The zero-order chi connectivity index (χ0) is 17.6. The summed E-state index contributed by atoms with van der Waals surface area (Å²) in [5.41, 5.74) is -0.610. The molecule has 2 rings (SSSR count). The predicted molar refractivity (Wildman–Crippen MR) is 77.6 cm³/mol. The van der Waals surface area contributed by atoms with Crippen molar-refractivity contribution in [2.24, 2.45) is 0 Å². The van der Waals surface area contributed by atoms with Gasteiger partial charge in [-0.2, -0.15) is 8.42 Å². The van der Waals surface area contributed by atoms with Crippen LogP contribution in [0.1, 0.15) is 13.8 Å². The molecule has 1 N–H and O–H groups in total. The molecule has 1 heterocycles. The second-order valence-electron chi connectivity index (χ2n) is 4.60. The number of carbonyl (C=O) groups excluding carboxylic acids is 1. The number of hydrogen-bond donors (Lipinski definition) is 1. The van der Waals surface area contributed by atoms with Crippen LogP contribution in [0.2, 0.25) is 0 Å². The van der Waals surface area contributed by atoms with Crippen molar-refractivity contribution >= 4 is 31.6 Å². The fourth-order valence-electron chi connectivity index (χ4n) is 1.76. The van der Waals surface area contributed by atoms with Crippen LogP contribution in [0, 0.1) is 10.1 Å². The molecule has 1 aromatic carbocycles. The SMILES string of the molecule is CC1=C(C)S(=O)(=O)N(NS(=O)(=O)c2cccc([N+](=O)[O-])c2)C1=O. The Kier molecular flexibility index (Phi) is 4.00. The van der Waals surface area contributed by atoms with Gasteiger partial charge in [0, 0.05) is 17.7 Å². The highest BCUT2D eigenvalue weighted by Crippen LogP contribution is 2.27. The topological polar surface area (TPSA) is 144 Å². The summed E-state index contributed by atoms with van der Waals surface area (Å²) in [4.78, 5) is 22.6. The number of benzene rings is 1. The first-order valence-corrected chi connectivity index (χ1v) is 8.95. The van der Waals surface area contributed by atoms with E-state index in [2.05, 4.69) is 0 Å². The third-order valence-corrected chi connectivity index (χ3v) is 6.43. The van der Waals surface area contributed by atoms with Crippen LogP contribution in [0.3, 0.4) is 0 Å². The Morgan fingerprint density at radius 1 is 1.26 bits per heavy atom. The lowest BCUT2D eigenvalue weighted by molar-refractivity contribution is -0.385. The molecule has 0 spiro atoms. The number of amides is 1. The minimum Gasteiger partial charge on any atom is -0.267 e. The van der Waals surface area contributed by atoms with Crippen molar-refractivity contribution in [2.45, 2.75) is 18.7 Å². The Balaban J connectivity index is 2.43. The quantitative estimate of drug-likeness (QED) is 0.598. The van der Waals surface area contributed by atoms with E-state index in [1.807, 2.05) is 0 Å². The Morgan fingerprint density at radius 2 is 1.87 bits per heavy atom. The zero-order valence-corrected chi connectivity index (χ0v) is 13.5. The standard InChI is InChI=1S/C11H11N3O7S2/c1-7-8(2)23(20,21)13(11(7)15)12-22(18,19)10-5-3-4-9(6-10)14(16)17/h3-6,12H,1-2H3. The minimum absolute atomic E-state index is 0.00579. The number of hydrogen-bond acceptors (Lipinski definition) is 7. The smallest absolute Gasteiger partial charge is 0.267 e. The number of hydrazine groups is 1. The molecule has 1 aliphatic rings. The monoisotopic (exact) mass is 361 g/mol. The Bertz CT molecular complexity index is 948. The van der Waals surface area contributed by atoms with Gasteiger partial charge in [-0.05, 0) is 19.9 Å². The molecule has 10 nitrogen and oxygen atoms in total. The number of non-ortho nitro benzene ring substituents is 1. The van der Waals surface area contributed by atoms with Crippen molar-refractivity contribution in [2.75, 3.05) is 0 Å². The molecule has 0 aliphatic carbocycles. The first kappa shape index (κ1) is 17.1. The molecule has 124 valence electrons. The van der Waals surface area contributed by atoms with Gasteiger partial charge in [-0.25, -0.2) is 8.42 Å². The summed E-state index contributed by atoms with van der Waals surface area (Å²) in [6.07, 6.45) is 0. The maximum Gasteiger partial charge on any atom is 0.279 e. The summed E-state index contributed by atoms with van der Waals surface area (Å²) in [7, 11) is -8.80. The third kappa shape index (κ3) is 2.83. The van der Waals surface area contributed by atoms with Crippen molar-refractivity contribution in [3.05, 3.63) is 44.9 Å². The molecule has 23 heavy (non-hydrogen) atoms. The number of nitro groups is 1. The lowest BCUT2D eigenvalue weighted by Gasteiger charge is -2.17. The van der Waals surface area contributed by atoms with Crippen LogP contribution >= 0.6 is 0 Å². The number of rotatable bonds is 4. The number of carbonyl (C=O) groups is 1. The maximum atomic E-state index is 12.2. The molecule has 0 saturated carbocycles. The van der Waals surface area contributed by atoms with Crippen LogP contribution in [0.4, 0.5) is 5.69 Å². The zero-order valence-electron chi connectivity index (χ0n) is 11.9. The highest BCUT2D eigenvalue weighted by molar-refractivity contribution is 7.95. The van der Waals surface area contributed by atoms with Crippen molar-refractivity contribution in [1.29, 1.82) is 0 Å². The molecular weight excluding hydrogens is 350 g/mol. The van der Waals surface area contributed by atoms with Gasteiger partial charge in [-0.3, -0.25) is 14.9 Å². The van der Waals surface area contributed by atoms with E-state index in [1.54, 1.807) is 4.83 Å². The van der Waals surface area contributed by atoms with Gasteiger partial charge < -0.3 is 0 Å². The van der Waals surface area contributed by atoms with E-state index in [-0.39, 0.29) is 14.9 Å². The minimum atomic E-state index is -4.51. The van der Waals surface area contributed by atoms with Crippen LogP contribution < -0.4 is 4.83 Å². The van der Waals surface area contributed by atoms with Gasteiger partial charge in [0.05, 0.1) is 14.7 Å². The Labute approximate surface area is 131 Å². The van der Waals surface area contributed by atoms with Crippen LogP contribution in [0.5, 0.6) is 0 Å². The number of sulfonamides is 2. The third-order valence-electron chi connectivity index (χ3n) is 3.20. The van der Waals surface area contributed by atoms with Gasteiger partial charge in [0.25, 0.3) is 31.6 Å². The van der Waals surface area contributed by atoms with Crippen molar-refractivity contribution in [1.82, 2.24) is 9.25 Å². The molecular formula is C11H11N3O7S2.